The van der Waals surface area contributed by atoms with Crippen molar-refractivity contribution in [2.24, 2.45) is 5.92 Å². The van der Waals surface area contributed by atoms with Crippen molar-refractivity contribution < 1.29 is 0 Å². The number of hydrogen-bond acceptors (Lipinski definition) is 1. The van der Waals surface area contributed by atoms with Crippen LogP contribution in [-0.4, -0.2) is 13.1 Å². The summed E-state index contributed by atoms with van der Waals surface area (Å²) in [5.74, 6) is 0.727. The van der Waals surface area contributed by atoms with Gasteiger partial charge in [0.15, 0.2) is 0 Å². The predicted octanol–water partition coefficient (Wildman–Crippen LogP) is 3.84. The molecule has 0 unspecified atom stereocenters. The van der Waals surface area contributed by atoms with E-state index in [2.05, 4.69) is 50.4 Å². The Morgan fingerprint density at radius 3 is 2.62 bits per heavy atom. The minimum Gasteiger partial charge on any atom is -0.313 e. The maximum atomic E-state index is 3.44. The van der Waals surface area contributed by atoms with Crippen LogP contribution in [-0.2, 0) is 0 Å². The lowest BCUT2D eigenvalue weighted by Crippen LogP contribution is -2.19. The van der Waals surface area contributed by atoms with Gasteiger partial charge in [-0.15, -0.1) is 0 Å². The average Bonchev–Trinajstić information content (AvgIpc) is 2.54. The van der Waals surface area contributed by atoms with E-state index in [4.69, 9.17) is 0 Å². The van der Waals surface area contributed by atoms with Gasteiger partial charge in [0, 0.05) is 6.54 Å². The smallest absolute Gasteiger partial charge is 0.0208 e. The van der Waals surface area contributed by atoms with E-state index in [1.165, 1.54) is 18.4 Å². The summed E-state index contributed by atoms with van der Waals surface area (Å²) in [7, 11) is 0. The van der Waals surface area contributed by atoms with E-state index < -0.39 is 0 Å². The van der Waals surface area contributed by atoms with Gasteiger partial charge in [0.05, 0.1) is 0 Å². The highest BCUT2D eigenvalue weighted by Gasteiger charge is 2.14. The first-order valence-electron chi connectivity index (χ1n) is 6.60. The molecule has 0 atom stereocenters. The lowest BCUT2D eigenvalue weighted by molar-refractivity contribution is 0.570. The van der Waals surface area contributed by atoms with E-state index >= 15 is 0 Å². The van der Waals surface area contributed by atoms with Crippen molar-refractivity contribution in [3.63, 3.8) is 0 Å². The van der Waals surface area contributed by atoms with Crippen molar-refractivity contribution in [3.8, 4) is 0 Å². The fraction of sp³-hybridized carbons (Fsp3) is 0.600. The first-order chi connectivity index (χ1) is 7.83. The highest BCUT2D eigenvalue weighted by Crippen LogP contribution is 2.27. The van der Waals surface area contributed by atoms with Crippen LogP contribution in [0, 0.1) is 5.92 Å². The topological polar surface area (TPSA) is 12.0 Å². The predicted molar refractivity (Wildman–Crippen MR) is 72.5 cm³/mol. The number of likely N-dealkylation sites (N-methyl/N-ethyl adjacent to an activating group) is 1. The molecular weight excluding hydrogens is 194 g/mol. The Balaban J connectivity index is 2.80. The van der Waals surface area contributed by atoms with Crippen LogP contribution in [0.4, 0.5) is 0 Å². The molecule has 0 heterocycles. The van der Waals surface area contributed by atoms with Crippen LogP contribution >= 0.6 is 0 Å². The van der Waals surface area contributed by atoms with Crippen molar-refractivity contribution in [2.75, 3.05) is 13.1 Å². The third kappa shape index (κ3) is 3.64. The molecule has 0 aliphatic heterocycles. The van der Waals surface area contributed by atoms with Gasteiger partial charge in [-0.2, -0.15) is 0 Å². The van der Waals surface area contributed by atoms with Gasteiger partial charge in [0.2, 0.25) is 0 Å². The maximum Gasteiger partial charge on any atom is 0.0208 e. The van der Waals surface area contributed by atoms with Gasteiger partial charge in [-0.1, -0.05) is 45.1 Å². The number of nitrogens with one attached hydrogen (secondary N) is 1. The lowest BCUT2D eigenvalue weighted by atomic mass is 9.87. The molecule has 1 nitrogen and oxygen atoms in total. The summed E-state index contributed by atoms with van der Waals surface area (Å²) in [6.07, 6.45) is 12.7. The second kappa shape index (κ2) is 7.45. The fourth-order valence-electron chi connectivity index (χ4n) is 2.26. The number of hydrogen-bond donors (Lipinski definition) is 1. The molecule has 1 aliphatic carbocycles. The standard InChI is InChI=1S/C15H25N/c1-4-13(5-2)15-11-9-7-8-10-14(15)12-16-6-3/h7-8,10-11,13,16H,4-6,9,12H2,1-3H3. The van der Waals surface area contributed by atoms with Gasteiger partial charge >= 0.3 is 0 Å². The first kappa shape index (κ1) is 13.2. The zero-order chi connectivity index (χ0) is 11.8. The van der Waals surface area contributed by atoms with E-state index in [9.17, 15) is 0 Å². The van der Waals surface area contributed by atoms with Gasteiger partial charge in [-0.25, -0.2) is 0 Å². The van der Waals surface area contributed by atoms with E-state index in [0.717, 1.165) is 25.4 Å². The Bertz CT molecular complexity index is 280. The SMILES string of the molecule is CCNCC1=CC=CCC=C1C(CC)CC. The Hall–Kier alpha value is -0.820. The van der Waals surface area contributed by atoms with Gasteiger partial charge in [-0.3, -0.25) is 0 Å². The van der Waals surface area contributed by atoms with Crippen molar-refractivity contribution in [3.05, 3.63) is 35.5 Å². The average molecular weight is 219 g/mol. The normalized spacial score (nSPS) is 16.0. The molecule has 0 spiro atoms. The molecule has 0 aromatic heterocycles. The summed E-state index contributed by atoms with van der Waals surface area (Å²) in [5, 5.41) is 3.44. The Labute approximate surface area is 100 Å². The van der Waals surface area contributed by atoms with Crippen LogP contribution in [0.3, 0.4) is 0 Å². The fourth-order valence-corrected chi connectivity index (χ4v) is 2.26. The molecule has 0 radical (unpaired) electrons. The second-order valence-corrected chi connectivity index (χ2v) is 4.31. The van der Waals surface area contributed by atoms with Crippen molar-refractivity contribution in [1.82, 2.24) is 5.32 Å². The molecule has 90 valence electrons. The molecule has 0 bridgehead atoms. The summed E-state index contributed by atoms with van der Waals surface area (Å²) in [5.41, 5.74) is 3.04. The van der Waals surface area contributed by atoms with Crippen molar-refractivity contribution >= 4 is 0 Å². The molecule has 0 aromatic rings. The lowest BCUT2D eigenvalue weighted by Gasteiger charge is -2.20. The molecule has 0 amide bonds. The molecule has 0 saturated carbocycles. The highest BCUT2D eigenvalue weighted by atomic mass is 14.8. The van der Waals surface area contributed by atoms with Crippen molar-refractivity contribution in [2.45, 2.75) is 40.0 Å². The zero-order valence-corrected chi connectivity index (χ0v) is 10.9. The molecule has 1 N–H and O–H groups in total. The van der Waals surface area contributed by atoms with Crippen LogP contribution in [0.1, 0.15) is 40.0 Å². The Morgan fingerprint density at radius 1 is 1.25 bits per heavy atom. The molecular formula is C15H25N. The quantitative estimate of drug-likeness (QED) is 0.715. The number of rotatable bonds is 6. The number of allylic oxidation sites excluding steroid dienone is 4. The zero-order valence-electron chi connectivity index (χ0n) is 10.9. The van der Waals surface area contributed by atoms with Gasteiger partial charge in [0.25, 0.3) is 0 Å². The third-order valence-corrected chi connectivity index (χ3v) is 3.27. The van der Waals surface area contributed by atoms with Crippen LogP contribution in [0.25, 0.3) is 0 Å². The van der Waals surface area contributed by atoms with Gasteiger partial charge < -0.3 is 5.32 Å². The minimum atomic E-state index is 0.727. The molecule has 0 saturated heterocycles. The summed E-state index contributed by atoms with van der Waals surface area (Å²) in [6.45, 7) is 8.78. The van der Waals surface area contributed by atoms with Gasteiger partial charge in [-0.05, 0) is 42.9 Å². The monoisotopic (exact) mass is 219 g/mol. The third-order valence-electron chi connectivity index (χ3n) is 3.27. The summed E-state index contributed by atoms with van der Waals surface area (Å²) >= 11 is 0. The van der Waals surface area contributed by atoms with Crippen LogP contribution < -0.4 is 5.32 Å². The molecule has 0 fully saturated rings. The Morgan fingerprint density at radius 2 is 2.00 bits per heavy atom. The summed E-state index contributed by atoms with van der Waals surface area (Å²) < 4.78 is 0. The molecule has 1 rings (SSSR count). The van der Waals surface area contributed by atoms with Crippen LogP contribution in [0.5, 0.6) is 0 Å². The van der Waals surface area contributed by atoms with Crippen molar-refractivity contribution in [1.29, 1.82) is 0 Å². The van der Waals surface area contributed by atoms with Gasteiger partial charge in [0.1, 0.15) is 0 Å². The minimum absolute atomic E-state index is 0.727. The summed E-state index contributed by atoms with van der Waals surface area (Å²) in [4.78, 5) is 0. The van der Waals surface area contributed by atoms with E-state index in [1.807, 2.05) is 0 Å². The highest BCUT2D eigenvalue weighted by molar-refractivity contribution is 5.39. The van der Waals surface area contributed by atoms with E-state index in [1.54, 1.807) is 5.57 Å². The maximum absolute atomic E-state index is 3.44. The molecule has 0 aromatic carbocycles. The molecule has 1 heteroatoms. The first-order valence-corrected chi connectivity index (χ1v) is 6.60. The molecule has 16 heavy (non-hydrogen) atoms. The largest absolute Gasteiger partial charge is 0.313 e. The molecule has 1 aliphatic rings. The Kier molecular flexibility index (Phi) is 6.17. The summed E-state index contributed by atoms with van der Waals surface area (Å²) in [6, 6.07) is 0. The van der Waals surface area contributed by atoms with Crippen LogP contribution in [0.2, 0.25) is 0 Å². The second-order valence-electron chi connectivity index (χ2n) is 4.31. The van der Waals surface area contributed by atoms with E-state index in [0.29, 0.717) is 0 Å². The van der Waals surface area contributed by atoms with E-state index in [-0.39, 0.29) is 0 Å². The van der Waals surface area contributed by atoms with Crippen LogP contribution in [0.15, 0.2) is 35.5 Å².